The minimum atomic E-state index is 0. The van der Waals surface area contributed by atoms with Crippen LogP contribution in [0.5, 0.6) is 0 Å². The van der Waals surface area contributed by atoms with E-state index >= 15 is 0 Å². The van der Waals surface area contributed by atoms with E-state index in [4.69, 9.17) is 0 Å². The molecule has 0 radical (unpaired) electrons. The number of hydrogen-bond acceptors (Lipinski definition) is 4. The monoisotopic (exact) mass is 357 g/mol. The van der Waals surface area contributed by atoms with Crippen LogP contribution in [0.25, 0.3) is 5.65 Å². The lowest BCUT2D eigenvalue weighted by molar-refractivity contribution is 0.533. The molecule has 1 aliphatic heterocycles. The number of nitrogens with zero attached hydrogens (tertiary/aromatic N) is 4. The van der Waals surface area contributed by atoms with Gasteiger partial charge in [-0.25, -0.2) is 4.98 Å². The van der Waals surface area contributed by atoms with Crippen LogP contribution in [0.1, 0.15) is 5.69 Å². The summed E-state index contributed by atoms with van der Waals surface area (Å²) in [5, 5.41) is 3.31. The summed E-state index contributed by atoms with van der Waals surface area (Å²) in [4.78, 5) is 11.0. The maximum Gasteiger partial charge on any atom is 0.194 e. The summed E-state index contributed by atoms with van der Waals surface area (Å²) in [6.45, 7) is 2.59. The fourth-order valence-electron chi connectivity index (χ4n) is 1.97. The second-order valence-electron chi connectivity index (χ2n) is 4.18. The summed E-state index contributed by atoms with van der Waals surface area (Å²) in [7, 11) is 2.04. The Morgan fingerprint density at radius 1 is 1.39 bits per heavy atom. The number of pyridine rings is 1. The highest BCUT2D eigenvalue weighted by Gasteiger charge is 2.11. The topological polar surface area (TPSA) is 44.9 Å². The average molecular weight is 357 g/mol. The Labute approximate surface area is 123 Å². The Bertz CT molecular complexity index is 529. The van der Waals surface area contributed by atoms with Crippen molar-refractivity contribution in [1.29, 1.82) is 0 Å². The third-order valence-electron chi connectivity index (χ3n) is 2.90. The maximum absolute atomic E-state index is 4.53. The minimum absolute atomic E-state index is 0. The van der Waals surface area contributed by atoms with Crippen LogP contribution in [0.3, 0.4) is 0 Å². The summed E-state index contributed by atoms with van der Waals surface area (Å²) >= 11 is 0. The van der Waals surface area contributed by atoms with E-state index < -0.39 is 0 Å². The van der Waals surface area contributed by atoms with Crippen molar-refractivity contribution in [2.75, 3.05) is 20.1 Å². The molecule has 6 heteroatoms. The molecule has 0 unspecified atom stereocenters. The number of nitrogens with one attached hydrogen (secondary N) is 1. The van der Waals surface area contributed by atoms with E-state index in [1.807, 2.05) is 42.0 Å². The van der Waals surface area contributed by atoms with Crippen molar-refractivity contribution in [3.63, 3.8) is 0 Å². The molecule has 96 valence electrons. The van der Waals surface area contributed by atoms with Crippen LogP contribution in [0, 0.1) is 0 Å². The van der Waals surface area contributed by atoms with Crippen LogP contribution in [0.15, 0.2) is 35.6 Å². The van der Waals surface area contributed by atoms with E-state index in [2.05, 4.69) is 20.2 Å². The van der Waals surface area contributed by atoms with Gasteiger partial charge in [-0.3, -0.25) is 4.99 Å². The molecule has 0 amide bonds. The first-order valence-electron chi connectivity index (χ1n) is 5.75. The predicted octanol–water partition coefficient (Wildman–Crippen LogP) is 1.34. The van der Waals surface area contributed by atoms with E-state index in [1.165, 1.54) is 0 Å². The van der Waals surface area contributed by atoms with Gasteiger partial charge < -0.3 is 14.6 Å². The number of halogens is 1. The smallest absolute Gasteiger partial charge is 0.194 e. The molecule has 3 rings (SSSR count). The van der Waals surface area contributed by atoms with E-state index in [-0.39, 0.29) is 24.0 Å². The molecule has 18 heavy (non-hydrogen) atoms. The average Bonchev–Trinajstić information content (AvgIpc) is 2.92. The summed E-state index contributed by atoms with van der Waals surface area (Å²) < 4.78 is 2.02. The summed E-state index contributed by atoms with van der Waals surface area (Å²) in [6, 6.07) is 6.00. The molecule has 2 aromatic rings. The number of hydrogen-bond donors (Lipinski definition) is 1. The number of fused-ring (bicyclic) bond motifs is 1. The van der Waals surface area contributed by atoms with Crippen molar-refractivity contribution < 1.29 is 0 Å². The molecule has 2 aromatic heterocycles. The zero-order valence-corrected chi connectivity index (χ0v) is 12.5. The number of aliphatic imine (C=N–C) groups is 1. The van der Waals surface area contributed by atoms with E-state index in [0.717, 1.165) is 30.4 Å². The Morgan fingerprint density at radius 2 is 2.28 bits per heavy atom. The van der Waals surface area contributed by atoms with Gasteiger partial charge in [0.05, 0.1) is 18.8 Å². The van der Waals surface area contributed by atoms with E-state index in [9.17, 15) is 0 Å². The van der Waals surface area contributed by atoms with Gasteiger partial charge in [-0.15, -0.1) is 24.0 Å². The molecule has 1 aliphatic rings. The number of aromatic nitrogens is 2. The van der Waals surface area contributed by atoms with Crippen molar-refractivity contribution in [3.05, 3.63) is 36.3 Å². The maximum atomic E-state index is 4.53. The lowest BCUT2D eigenvalue weighted by atomic mass is 10.5. The Morgan fingerprint density at radius 3 is 3.00 bits per heavy atom. The second-order valence-corrected chi connectivity index (χ2v) is 4.18. The number of rotatable bonds is 2. The minimum Gasteiger partial charge on any atom is -0.351 e. The molecule has 1 N–H and O–H groups in total. The van der Waals surface area contributed by atoms with Crippen molar-refractivity contribution in [3.8, 4) is 0 Å². The van der Waals surface area contributed by atoms with Gasteiger partial charge in [-0.1, -0.05) is 6.07 Å². The molecule has 0 atom stereocenters. The zero-order chi connectivity index (χ0) is 11.7. The Kier molecular flexibility index (Phi) is 4.05. The highest BCUT2D eigenvalue weighted by atomic mass is 127. The molecule has 5 nitrogen and oxygen atoms in total. The first-order valence-corrected chi connectivity index (χ1v) is 5.75. The highest BCUT2D eigenvalue weighted by molar-refractivity contribution is 14.0. The molecular formula is C12H16IN5. The molecule has 0 aliphatic carbocycles. The summed E-state index contributed by atoms with van der Waals surface area (Å²) in [5.41, 5.74) is 2.00. The van der Waals surface area contributed by atoms with Crippen LogP contribution in [0.4, 0.5) is 0 Å². The normalized spacial score (nSPS) is 14.5. The molecule has 0 fully saturated rings. The van der Waals surface area contributed by atoms with Crippen molar-refractivity contribution in [2.24, 2.45) is 4.99 Å². The molecule has 0 bridgehead atoms. The van der Waals surface area contributed by atoms with Crippen molar-refractivity contribution >= 4 is 35.6 Å². The number of imidazole rings is 1. The van der Waals surface area contributed by atoms with Gasteiger partial charge in [-0.2, -0.15) is 0 Å². The van der Waals surface area contributed by atoms with Crippen LogP contribution >= 0.6 is 24.0 Å². The largest absolute Gasteiger partial charge is 0.351 e. The van der Waals surface area contributed by atoms with Gasteiger partial charge in [0.25, 0.3) is 0 Å². The van der Waals surface area contributed by atoms with Gasteiger partial charge in [0.2, 0.25) is 0 Å². The Hall–Kier alpha value is -1.31. The molecule has 0 spiro atoms. The van der Waals surface area contributed by atoms with Gasteiger partial charge >= 0.3 is 0 Å². The van der Waals surface area contributed by atoms with Gasteiger partial charge in [0, 0.05) is 26.0 Å². The van der Waals surface area contributed by atoms with Crippen LogP contribution < -0.4 is 5.32 Å². The number of likely N-dealkylation sites (N-methyl/N-ethyl adjacent to an activating group) is 1. The Balaban J connectivity index is 0.00000120. The van der Waals surface area contributed by atoms with Crippen LogP contribution in [0.2, 0.25) is 0 Å². The SMILES string of the molecule is CN1CCN=C1NCc1cn2ccccc2n1.I. The van der Waals surface area contributed by atoms with E-state index in [1.54, 1.807) is 0 Å². The van der Waals surface area contributed by atoms with Crippen LogP contribution in [-0.4, -0.2) is 40.4 Å². The third-order valence-corrected chi connectivity index (χ3v) is 2.90. The lowest BCUT2D eigenvalue weighted by Crippen LogP contribution is -2.35. The van der Waals surface area contributed by atoms with E-state index in [0.29, 0.717) is 6.54 Å². The summed E-state index contributed by atoms with van der Waals surface area (Å²) in [5.74, 6) is 0.960. The fraction of sp³-hybridized carbons (Fsp3) is 0.333. The summed E-state index contributed by atoms with van der Waals surface area (Å²) in [6.07, 6.45) is 4.04. The molecule has 0 saturated heterocycles. The first kappa shape index (κ1) is 13.1. The second kappa shape index (κ2) is 5.55. The quantitative estimate of drug-likeness (QED) is 0.826. The lowest BCUT2D eigenvalue weighted by Gasteiger charge is -2.14. The van der Waals surface area contributed by atoms with Gasteiger partial charge in [-0.05, 0) is 12.1 Å². The molecule has 0 aromatic carbocycles. The molecule has 3 heterocycles. The molecule has 0 saturated carbocycles. The third kappa shape index (κ3) is 2.58. The predicted molar refractivity (Wildman–Crippen MR) is 82.4 cm³/mol. The van der Waals surface area contributed by atoms with Gasteiger partial charge in [0.15, 0.2) is 5.96 Å². The molecular weight excluding hydrogens is 341 g/mol. The van der Waals surface area contributed by atoms with Crippen molar-refractivity contribution in [1.82, 2.24) is 19.6 Å². The highest BCUT2D eigenvalue weighted by Crippen LogP contribution is 2.04. The fourth-order valence-corrected chi connectivity index (χ4v) is 1.97. The van der Waals surface area contributed by atoms with Gasteiger partial charge in [0.1, 0.15) is 5.65 Å². The zero-order valence-electron chi connectivity index (χ0n) is 10.2. The van der Waals surface area contributed by atoms with Crippen molar-refractivity contribution in [2.45, 2.75) is 6.54 Å². The standard InChI is InChI=1S/C12H15N5.HI/c1-16-7-5-13-12(16)14-8-10-9-17-6-3-2-4-11(17)15-10;/h2-4,6,9H,5,7-8H2,1H3,(H,13,14);1H. The first-order chi connectivity index (χ1) is 8.33. The van der Waals surface area contributed by atoms with Crippen LogP contribution in [-0.2, 0) is 6.54 Å². The number of guanidine groups is 1.